The molecule has 10 nitrogen and oxygen atoms in total. The molecule has 1 fully saturated rings. The summed E-state index contributed by atoms with van der Waals surface area (Å²) in [6.45, 7) is 0.0110. The molecule has 1 saturated carbocycles. The SMILES string of the molecule is O=C([NH][Al])NC[C@H](C(=O)OCC1CCCCCC1)N(Cc1ccc2c(c1)OCO2)S(=O)[O-]. The molecule has 3 rings (SSSR count). The van der Waals surface area contributed by atoms with Gasteiger partial charge in [-0.25, -0.2) is 4.31 Å². The fraction of sp³-hybridized carbons (Fsp3) is 0.600. The number of carbonyl (C=O) groups excluding carboxylic acids is 2. The highest BCUT2D eigenvalue weighted by Gasteiger charge is 2.30. The van der Waals surface area contributed by atoms with Crippen LogP contribution in [0.25, 0.3) is 0 Å². The smallest absolute Gasteiger partial charge is 0.326 e. The van der Waals surface area contributed by atoms with Crippen LogP contribution in [0.2, 0.25) is 0 Å². The second-order valence-electron chi connectivity index (χ2n) is 7.84. The second kappa shape index (κ2) is 12.4. The topological polar surface area (TPSA) is 129 Å². The largest absolute Gasteiger partial charge is 0.760 e. The lowest BCUT2D eigenvalue weighted by Crippen LogP contribution is -2.51. The van der Waals surface area contributed by atoms with Gasteiger partial charge in [0.05, 0.1) is 6.61 Å². The van der Waals surface area contributed by atoms with Gasteiger partial charge in [-0.05, 0) is 36.5 Å². The first-order valence-corrected chi connectivity index (χ1v) is 12.2. The van der Waals surface area contributed by atoms with Crippen LogP contribution in [-0.2, 0) is 27.3 Å². The van der Waals surface area contributed by atoms with Gasteiger partial charge in [0.2, 0.25) is 6.79 Å². The van der Waals surface area contributed by atoms with Crippen LogP contribution < -0.4 is 19.1 Å². The summed E-state index contributed by atoms with van der Waals surface area (Å²) in [5.41, 5.74) is 0.607. The number of fused-ring (bicyclic) bond motifs is 1. The molecule has 1 unspecified atom stereocenters. The summed E-state index contributed by atoms with van der Waals surface area (Å²) in [5.74, 6) is 0.655. The summed E-state index contributed by atoms with van der Waals surface area (Å²) in [6.07, 6.45) is 6.53. The molecule has 1 aliphatic heterocycles. The number of ether oxygens (including phenoxy) is 3. The monoisotopic (exact) mass is 480 g/mol. The van der Waals surface area contributed by atoms with E-state index >= 15 is 0 Å². The van der Waals surface area contributed by atoms with E-state index in [2.05, 4.69) is 9.62 Å². The molecule has 1 aromatic rings. The van der Waals surface area contributed by atoms with Gasteiger partial charge < -0.3 is 28.4 Å². The Hall–Kier alpha value is -1.84. The Morgan fingerprint density at radius 3 is 2.62 bits per heavy atom. The van der Waals surface area contributed by atoms with Crippen molar-refractivity contribution in [1.82, 2.24) is 13.9 Å². The van der Waals surface area contributed by atoms with Crippen molar-refractivity contribution >= 4 is 39.8 Å². The van der Waals surface area contributed by atoms with Gasteiger partial charge in [0.1, 0.15) is 6.04 Å². The van der Waals surface area contributed by atoms with Crippen molar-refractivity contribution in [1.29, 1.82) is 0 Å². The molecular weight excluding hydrogens is 453 g/mol. The van der Waals surface area contributed by atoms with Crippen molar-refractivity contribution in [3.63, 3.8) is 0 Å². The number of benzene rings is 1. The molecule has 0 bridgehead atoms. The summed E-state index contributed by atoms with van der Waals surface area (Å²) in [7, 11) is 0. The number of nitrogens with one attached hydrogen (secondary N) is 2. The van der Waals surface area contributed by atoms with Gasteiger partial charge in [-0.1, -0.05) is 31.7 Å². The molecule has 2 amide bonds. The number of esters is 1. The lowest BCUT2D eigenvalue weighted by atomic mass is 10.0. The van der Waals surface area contributed by atoms with E-state index in [4.69, 9.17) is 14.2 Å². The number of rotatable bonds is 9. The number of hydrogen-bond donors (Lipinski definition) is 2. The van der Waals surface area contributed by atoms with Gasteiger partial charge in [0.25, 0.3) is 6.03 Å². The molecule has 12 heteroatoms. The average Bonchev–Trinajstić information content (AvgIpc) is 3.10. The van der Waals surface area contributed by atoms with E-state index in [9.17, 15) is 18.4 Å². The fourth-order valence-corrected chi connectivity index (χ4v) is 4.58. The van der Waals surface area contributed by atoms with Gasteiger partial charge in [0, 0.05) is 24.4 Å². The minimum Gasteiger partial charge on any atom is -0.760 e. The first-order chi connectivity index (χ1) is 15.5. The third-order valence-electron chi connectivity index (χ3n) is 5.61. The van der Waals surface area contributed by atoms with E-state index in [-0.39, 0.29) is 32.4 Å². The second-order valence-corrected chi connectivity index (χ2v) is 9.03. The molecule has 1 aromatic carbocycles. The normalized spacial score (nSPS) is 17.9. The summed E-state index contributed by atoms with van der Waals surface area (Å²) >= 11 is -0.705. The van der Waals surface area contributed by atoms with E-state index in [0.29, 0.717) is 17.1 Å². The van der Waals surface area contributed by atoms with Crippen LogP contribution >= 0.6 is 0 Å². The minimum atomic E-state index is -2.75. The molecule has 1 aliphatic carbocycles. The molecule has 1 heterocycles. The molecule has 0 aromatic heterocycles. The zero-order valence-corrected chi connectivity index (χ0v) is 19.7. The highest BCUT2D eigenvalue weighted by atomic mass is 32.2. The molecule has 32 heavy (non-hydrogen) atoms. The lowest BCUT2D eigenvalue weighted by molar-refractivity contribution is -0.149. The van der Waals surface area contributed by atoms with Gasteiger partial charge >= 0.3 is 22.5 Å². The molecule has 2 aliphatic rings. The maximum absolute atomic E-state index is 12.9. The molecule has 2 N–H and O–H groups in total. The third kappa shape index (κ3) is 7.08. The van der Waals surface area contributed by atoms with Crippen LogP contribution in [-0.4, -0.2) is 67.6 Å². The number of urea groups is 1. The Balaban J connectivity index is 1.71. The molecular formula is C20H27AlN3O7S-. The number of hydrogen-bond acceptors (Lipinski definition) is 7. The molecule has 174 valence electrons. The summed E-state index contributed by atoms with van der Waals surface area (Å²) in [5, 5.41) is 2.49. The highest BCUT2D eigenvalue weighted by Crippen LogP contribution is 2.33. The van der Waals surface area contributed by atoms with E-state index < -0.39 is 29.3 Å². The fourth-order valence-electron chi connectivity index (χ4n) is 3.86. The highest BCUT2D eigenvalue weighted by molar-refractivity contribution is 7.76. The zero-order chi connectivity index (χ0) is 22.9. The Bertz CT molecular complexity index is 820. The van der Waals surface area contributed by atoms with E-state index in [1.807, 2.05) is 16.5 Å². The van der Waals surface area contributed by atoms with Crippen molar-refractivity contribution < 1.29 is 32.6 Å². The Morgan fingerprint density at radius 2 is 1.94 bits per heavy atom. The standard InChI is InChI=1S/C20H29N3O7S.Al/c21-20(25)22-10-16(19(24)28-12-14-5-3-1-2-4-6-14)23(31(26)27)11-15-7-8-17-18(9-15)30-13-29-17;/h7-9,14,16H,1-6,10-13H2,(H4,21,22,25,26,27);/q;+1/p-2/t16-;/m1./s1. The number of nitrogens with zero attached hydrogens (tertiary/aromatic N) is 1. The van der Waals surface area contributed by atoms with Crippen molar-refractivity contribution in [3.05, 3.63) is 23.8 Å². The van der Waals surface area contributed by atoms with Gasteiger partial charge in [-0.2, -0.15) is 0 Å². The van der Waals surface area contributed by atoms with Gasteiger partial charge in [-0.15, -0.1) is 0 Å². The van der Waals surface area contributed by atoms with Crippen molar-refractivity contribution in [2.24, 2.45) is 5.92 Å². The molecule has 2 radical (unpaired) electrons. The Morgan fingerprint density at radius 1 is 1.22 bits per heavy atom. The van der Waals surface area contributed by atoms with Crippen molar-refractivity contribution in [2.45, 2.75) is 51.1 Å². The average molecular weight is 480 g/mol. The Kier molecular flexibility index (Phi) is 9.62. The molecule has 2 atom stereocenters. The van der Waals surface area contributed by atoms with Crippen LogP contribution in [0.1, 0.15) is 44.1 Å². The summed E-state index contributed by atoms with van der Waals surface area (Å²) < 4.78 is 43.6. The number of amides is 2. The summed E-state index contributed by atoms with van der Waals surface area (Å²) in [4.78, 5) is 24.6. The van der Waals surface area contributed by atoms with Gasteiger partial charge in [-0.3, -0.25) is 13.8 Å². The maximum Gasteiger partial charge on any atom is 0.326 e. The van der Waals surface area contributed by atoms with E-state index in [1.165, 1.54) is 12.8 Å². The van der Waals surface area contributed by atoms with Crippen LogP contribution in [0, 0.1) is 5.92 Å². The van der Waals surface area contributed by atoms with Gasteiger partial charge in [0.15, 0.2) is 11.5 Å². The predicted octanol–water partition coefficient (Wildman–Crippen LogP) is 1.28. The van der Waals surface area contributed by atoms with E-state index in [0.717, 1.165) is 30.0 Å². The van der Waals surface area contributed by atoms with Crippen LogP contribution in [0.5, 0.6) is 11.5 Å². The number of carbonyl (C=O) groups is 2. The first kappa shape index (κ1) is 24.8. The van der Waals surface area contributed by atoms with E-state index in [1.54, 1.807) is 18.2 Å². The van der Waals surface area contributed by atoms with Crippen molar-refractivity contribution in [2.75, 3.05) is 19.9 Å². The molecule has 0 spiro atoms. The van der Waals surface area contributed by atoms with Crippen molar-refractivity contribution in [3.8, 4) is 11.5 Å². The van der Waals surface area contributed by atoms with Crippen LogP contribution in [0.4, 0.5) is 4.79 Å². The Labute approximate surface area is 198 Å². The quantitative estimate of drug-likeness (QED) is 0.236. The first-order valence-electron chi connectivity index (χ1n) is 10.6. The van der Waals surface area contributed by atoms with Crippen LogP contribution in [0.3, 0.4) is 0 Å². The summed E-state index contributed by atoms with van der Waals surface area (Å²) in [6, 6.07) is 3.27. The minimum absolute atomic E-state index is 0.0971. The predicted molar refractivity (Wildman–Crippen MR) is 115 cm³/mol. The van der Waals surface area contributed by atoms with Crippen LogP contribution in [0.15, 0.2) is 18.2 Å². The third-order valence-corrected chi connectivity index (χ3v) is 6.64. The zero-order valence-electron chi connectivity index (χ0n) is 17.7. The molecule has 0 saturated heterocycles. The maximum atomic E-state index is 12.9. The lowest BCUT2D eigenvalue weighted by Gasteiger charge is -2.32.